The van der Waals surface area contributed by atoms with Gasteiger partial charge in [-0.25, -0.2) is 0 Å². The number of halogens is 2. The largest absolute Gasteiger partial charge is 0.295 e. The third-order valence-electron chi connectivity index (χ3n) is 3.77. The summed E-state index contributed by atoms with van der Waals surface area (Å²) in [7, 11) is 0. The van der Waals surface area contributed by atoms with E-state index in [9.17, 15) is 19.2 Å². The van der Waals surface area contributed by atoms with E-state index in [-0.39, 0.29) is 29.9 Å². The highest BCUT2D eigenvalue weighted by atomic mass is 79.9. The van der Waals surface area contributed by atoms with E-state index in [2.05, 4.69) is 37.2 Å². The predicted octanol–water partition coefficient (Wildman–Crippen LogP) is 1.75. The maximum atomic E-state index is 12.6. The van der Waals surface area contributed by atoms with Crippen LogP contribution in [-0.2, 0) is 14.9 Å². The van der Waals surface area contributed by atoms with Crippen LogP contribution in [0.1, 0.15) is 39.1 Å². The van der Waals surface area contributed by atoms with Gasteiger partial charge in [0.15, 0.2) is 0 Å². The fourth-order valence-electron chi connectivity index (χ4n) is 2.66. The molecule has 0 bridgehead atoms. The van der Waals surface area contributed by atoms with Crippen molar-refractivity contribution in [3.8, 4) is 0 Å². The van der Waals surface area contributed by atoms with Crippen LogP contribution in [0.4, 0.5) is 0 Å². The molecule has 0 radical (unpaired) electrons. The molecule has 1 saturated heterocycles. The van der Waals surface area contributed by atoms with Crippen LogP contribution in [0.5, 0.6) is 0 Å². The normalized spacial score (nSPS) is 21.2. The molecule has 0 aliphatic carbocycles. The summed E-state index contributed by atoms with van der Waals surface area (Å²) in [6, 6.07) is 2.39. The maximum Gasteiger partial charge on any atom is 0.263 e. The van der Waals surface area contributed by atoms with Gasteiger partial charge in [-0.15, -0.1) is 0 Å². The van der Waals surface area contributed by atoms with Gasteiger partial charge in [-0.05, 0) is 34.0 Å². The molecule has 0 saturated carbocycles. The van der Waals surface area contributed by atoms with Gasteiger partial charge in [0, 0.05) is 16.2 Å². The fourth-order valence-corrected chi connectivity index (χ4v) is 4.16. The van der Waals surface area contributed by atoms with Crippen LogP contribution in [0, 0.1) is 0 Å². The number of imide groups is 2. The Bertz CT molecular complexity index is 732. The molecule has 2 aliphatic heterocycles. The summed E-state index contributed by atoms with van der Waals surface area (Å²) in [6.07, 6.45) is 0.261. The Morgan fingerprint density at radius 3 is 2.55 bits per heavy atom. The quantitative estimate of drug-likeness (QED) is 0.573. The molecule has 114 valence electrons. The molecule has 1 fully saturated rings. The Morgan fingerprint density at radius 2 is 1.91 bits per heavy atom. The van der Waals surface area contributed by atoms with E-state index < -0.39 is 23.8 Å². The van der Waals surface area contributed by atoms with Gasteiger partial charge in [-0.1, -0.05) is 22.0 Å². The number of nitrogens with zero attached hydrogens (tertiary/aromatic N) is 1. The van der Waals surface area contributed by atoms with Crippen molar-refractivity contribution in [3.05, 3.63) is 33.3 Å². The van der Waals surface area contributed by atoms with E-state index in [1.165, 1.54) is 0 Å². The van der Waals surface area contributed by atoms with E-state index in [0.717, 1.165) is 10.5 Å². The van der Waals surface area contributed by atoms with Crippen LogP contribution >= 0.6 is 31.9 Å². The molecule has 2 aliphatic rings. The van der Waals surface area contributed by atoms with Crippen molar-refractivity contribution in [2.45, 2.75) is 24.2 Å². The average molecular weight is 430 g/mol. The molecule has 1 aromatic rings. The second-order valence-electron chi connectivity index (χ2n) is 5.04. The predicted molar refractivity (Wildman–Crippen MR) is 83.4 cm³/mol. The number of nitrogens with one attached hydrogen (secondary N) is 1. The highest BCUT2D eigenvalue weighted by molar-refractivity contribution is 9.10. The first-order chi connectivity index (χ1) is 10.5. The van der Waals surface area contributed by atoms with E-state index in [4.69, 9.17) is 0 Å². The van der Waals surface area contributed by atoms with Gasteiger partial charge in [0.2, 0.25) is 11.8 Å². The van der Waals surface area contributed by atoms with Crippen LogP contribution in [0.2, 0.25) is 0 Å². The summed E-state index contributed by atoms with van der Waals surface area (Å²) in [4.78, 5) is 49.2. The SMILES string of the molecule is O=C1CCC(N2C(=O)c3ccc(CBr)c(Br)c3C2=O)C(=O)N1. The number of benzene rings is 1. The number of fused-ring (bicyclic) bond motifs is 1. The molecule has 22 heavy (non-hydrogen) atoms. The molecule has 0 spiro atoms. The van der Waals surface area contributed by atoms with Crippen molar-refractivity contribution in [1.29, 1.82) is 0 Å². The maximum absolute atomic E-state index is 12.6. The highest BCUT2D eigenvalue weighted by Crippen LogP contribution is 2.35. The second-order valence-corrected chi connectivity index (χ2v) is 6.40. The molecule has 1 unspecified atom stereocenters. The minimum Gasteiger partial charge on any atom is -0.295 e. The van der Waals surface area contributed by atoms with Gasteiger partial charge in [-0.2, -0.15) is 0 Å². The number of rotatable bonds is 2. The lowest BCUT2D eigenvalue weighted by atomic mass is 10.0. The van der Waals surface area contributed by atoms with E-state index in [0.29, 0.717) is 9.80 Å². The summed E-state index contributed by atoms with van der Waals surface area (Å²) < 4.78 is 0.551. The third-order valence-corrected chi connectivity index (χ3v) is 5.28. The standard InChI is InChI=1S/C14H10Br2N2O4/c15-5-6-1-2-7-10(11(6)16)14(22)18(13(7)21)8-3-4-9(19)17-12(8)20/h1-2,8H,3-5H2,(H,17,19,20). The minimum atomic E-state index is -0.940. The molecule has 4 amide bonds. The fraction of sp³-hybridized carbons (Fsp3) is 0.286. The van der Waals surface area contributed by atoms with E-state index in [1.807, 2.05) is 0 Å². The van der Waals surface area contributed by atoms with Crippen LogP contribution in [0.25, 0.3) is 0 Å². The highest BCUT2D eigenvalue weighted by Gasteiger charge is 2.45. The van der Waals surface area contributed by atoms with E-state index >= 15 is 0 Å². The van der Waals surface area contributed by atoms with Crippen LogP contribution in [-0.4, -0.2) is 34.6 Å². The Balaban J connectivity index is 2.02. The molecular formula is C14H10Br2N2O4. The lowest BCUT2D eigenvalue weighted by Gasteiger charge is -2.27. The number of carbonyl (C=O) groups is 4. The van der Waals surface area contributed by atoms with Gasteiger partial charge in [0.25, 0.3) is 11.8 Å². The van der Waals surface area contributed by atoms with Gasteiger partial charge < -0.3 is 0 Å². The van der Waals surface area contributed by atoms with Crippen LogP contribution in [0.15, 0.2) is 16.6 Å². The van der Waals surface area contributed by atoms with Crippen molar-refractivity contribution in [3.63, 3.8) is 0 Å². The summed E-state index contributed by atoms with van der Waals surface area (Å²) in [5, 5.41) is 2.70. The van der Waals surface area contributed by atoms with Crippen molar-refractivity contribution in [1.82, 2.24) is 10.2 Å². The van der Waals surface area contributed by atoms with Gasteiger partial charge in [0.1, 0.15) is 6.04 Å². The first kappa shape index (κ1) is 15.4. The first-order valence-corrected chi connectivity index (χ1v) is 8.46. The number of hydrogen-bond donors (Lipinski definition) is 1. The van der Waals surface area contributed by atoms with Crippen molar-refractivity contribution in [2.24, 2.45) is 0 Å². The molecule has 6 nitrogen and oxygen atoms in total. The molecule has 1 N–H and O–H groups in total. The first-order valence-electron chi connectivity index (χ1n) is 6.54. The number of hydrogen-bond acceptors (Lipinski definition) is 4. The Labute approximate surface area is 142 Å². The summed E-state index contributed by atoms with van der Waals surface area (Å²) in [6.45, 7) is 0. The van der Waals surface area contributed by atoms with Crippen LogP contribution < -0.4 is 5.32 Å². The Hall–Kier alpha value is -1.54. The zero-order chi connectivity index (χ0) is 16.0. The molecule has 3 rings (SSSR count). The zero-order valence-electron chi connectivity index (χ0n) is 11.2. The molecule has 2 heterocycles. The van der Waals surface area contributed by atoms with E-state index in [1.54, 1.807) is 12.1 Å². The van der Waals surface area contributed by atoms with Crippen molar-refractivity contribution in [2.75, 3.05) is 0 Å². The van der Waals surface area contributed by atoms with Crippen molar-refractivity contribution >= 4 is 55.5 Å². The molecule has 0 aromatic heterocycles. The molecular weight excluding hydrogens is 420 g/mol. The molecule has 1 atom stereocenters. The number of amides is 4. The number of carbonyl (C=O) groups excluding carboxylic acids is 4. The zero-order valence-corrected chi connectivity index (χ0v) is 14.4. The number of piperidine rings is 1. The molecule has 1 aromatic carbocycles. The molecule has 8 heteroatoms. The number of alkyl halides is 1. The van der Waals surface area contributed by atoms with Gasteiger partial charge in [-0.3, -0.25) is 29.4 Å². The smallest absolute Gasteiger partial charge is 0.263 e. The minimum absolute atomic E-state index is 0.109. The summed E-state index contributed by atoms with van der Waals surface area (Å²) >= 11 is 6.67. The lowest BCUT2D eigenvalue weighted by molar-refractivity contribution is -0.136. The summed E-state index contributed by atoms with van der Waals surface area (Å²) in [5.41, 5.74) is 1.38. The lowest BCUT2D eigenvalue weighted by Crippen LogP contribution is -2.54. The Kier molecular flexibility index (Phi) is 3.90. The topological polar surface area (TPSA) is 83.6 Å². The third kappa shape index (κ3) is 2.21. The van der Waals surface area contributed by atoms with Gasteiger partial charge >= 0.3 is 0 Å². The van der Waals surface area contributed by atoms with Gasteiger partial charge in [0.05, 0.1) is 11.1 Å². The van der Waals surface area contributed by atoms with Crippen LogP contribution in [0.3, 0.4) is 0 Å². The average Bonchev–Trinajstić information content (AvgIpc) is 2.73. The van der Waals surface area contributed by atoms with Crippen molar-refractivity contribution < 1.29 is 19.2 Å². The summed E-state index contributed by atoms with van der Waals surface area (Å²) in [5.74, 6) is -2.01. The Morgan fingerprint density at radius 1 is 1.18 bits per heavy atom. The second kappa shape index (κ2) is 5.58. The monoisotopic (exact) mass is 428 g/mol.